The zero-order valence-corrected chi connectivity index (χ0v) is 6.28. The van der Waals surface area contributed by atoms with Crippen LogP contribution in [-0.2, 0) is 0 Å². The van der Waals surface area contributed by atoms with Crippen LogP contribution in [0.5, 0.6) is 0 Å². The molecule has 1 rings (SSSR count). The van der Waals surface area contributed by atoms with Crippen LogP contribution < -0.4 is 0 Å². The molecule has 0 aliphatic heterocycles. The van der Waals surface area contributed by atoms with Gasteiger partial charge in [0.05, 0.1) is 5.92 Å². The van der Waals surface area contributed by atoms with Crippen molar-refractivity contribution < 1.29 is 18.3 Å². The molecule has 2 unspecified atom stereocenters. The minimum Gasteiger partial charge on any atom is -0.396 e. The normalized spacial score (nSPS) is 37.4. The molecule has 0 aromatic heterocycles. The molecule has 2 atom stereocenters. The van der Waals surface area contributed by atoms with Gasteiger partial charge in [0.2, 0.25) is 0 Å². The van der Waals surface area contributed by atoms with Gasteiger partial charge in [0.1, 0.15) is 0 Å². The molecule has 0 heterocycles. The number of hydrogen-bond donors (Lipinski definition) is 1. The lowest BCUT2D eigenvalue weighted by Gasteiger charge is -2.12. The summed E-state index contributed by atoms with van der Waals surface area (Å²) in [5.41, 5.74) is -0.835. The van der Waals surface area contributed by atoms with E-state index >= 15 is 0 Å². The van der Waals surface area contributed by atoms with Crippen LogP contribution in [-0.4, -0.2) is 17.9 Å². The molecule has 1 saturated carbocycles. The molecule has 4 heteroatoms. The molecule has 66 valence electrons. The third-order valence-corrected chi connectivity index (χ3v) is 2.60. The van der Waals surface area contributed by atoms with Crippen LogP contribution in [0.1, 0.15) is 19.8 Å². The van der Waals surface area contributed by atoms with E-state index in [0.29, 0.717) is 6.42 Å². The first kappa shape index (κ1) is 8.84. The number of rotatable bonds is 2. The summed E-state index contributed by atoms with van der Waals surface area (Å²) in [7, 11) is 0. The van der Waals surface area contributed by atoms with Gasteiger partial charge in [0.15, 0.2) is 0 Å². The highest BCUT2D eigenvalue weighted by Crippen LogP contribution is 2.61. The van der Waals surface area contributed by atoms with Crippen LogP contribution in [0.2, 0.25) is 0 Å². The van der Waals surface area contributed by atoms with Crippen LogP contribution in [0.15, 0.2) is 0 Å². The minimum absolute atomic E-state index is 0.101. The minimum atomic E-state index is -4.11. The average molecular weight is 168 g/mol. The van der Waals surface area contributed by atoms with E-state index < -0.39 is 17.5 Å². The van der Waals surface area contributed by atoms with E-state index in [-0.39, 0.29) is 13.0 Å². The quantitative estimate of drug-likeness (QED) is 0.668. The van der Waals surface area contributed by atoms with Crippen molar-refractivity contribution in [2.45, 2.75) is 25.9 Å². The fraction of sp³-hybridized carbons (Fsp3) is 1.00. The Hall–Kier alpha value is -0.250. The number of aliphatic hydroxyl groups is 1. The van der Waals surface area contributed by atoms with Crippen LogP contribution in [0, 0.1) is 11.3 Å². The first-order valence-electron chi connectivity index (χ1n) is 3.64. The molecule has 0 aromatic rings. The van der Waals surface area contributed by atoms with Gasteiger partial charge in [-0.1, -0.05) is 6.92 Å². The molecule has 0 saturated heterocycles. The van der Waals surface area contributed by atoms with E-state index in [4.69, 9.17) is 5.11 Å². The maximum absolute atomic E-state index is 12.0. The molecule has 1 N–H and O–H groups in total. The number of hydrogen-bond acceptors (Lipinski definition) is 1. The Balaban J connectivity index is 2.58. The van der Waals surface area contributed by atoms with Crippen molar-refractivity contribution in [3.05, 3.63) is 0 Å². The number of halogens is 3. The maximum Gasteiger partial charge on any atom is 0.392 e. The summed E-state index contributed by atoms with van der Waals surface area (Å²) in [5, 5.41) is 8.69. The first-order valence-corrected chi connectivity index (χ1v) is 3.64. The Morgan fingerprint density at radius 2 is 2.09 bits per heavy atom. The summed E-state index contributed by atoms with van der Waals surface area (Å²) in [4.78, 5) is 0. The summed E-state index contributed by atoms with van der Waals surface area (Å²) in [6, 6.07) is 0. The Labute approximate surface area is 63.2 Å². The van der Waals surface area contributed by atoms with Crippen molar-refractivity contribution in [3.8, 4) is 0 Å². The molecule has 11 heavy (non-hydrogen) atoms. The fourth-order valence-electron chi connectivity index (χ4n) is 1.49. The lowest BCUT2D eigenvalue weighted by atomic mass is 10.0. The zero-order chi connectivity index (χ0) is 8.70. The molecule has 0 amide bonds. The second kappa shape index (κ2) is 2.37. The van der Waals surface area contributed by atoms with Gasteiger partial charge in [-0.3, -0.25) is 0 Å². The summed E-state index contributed by atoms with van der Waals surface area (Å²) in [6.45, 7) is 1.34. The number of aliphatic hydroxyl groups excluding tert-OH is 1. The van der Waals surface area contributed by atoms with E-state index in [9.17, 15) is 13.2 Å². The molecule has 0 bridgehead atoms. The Bertz CT molecular complexity index is 148. The molecule has 1 aliphatic carbocycles. The standard InChI is InChI=1S/C7H11F3O/c1-2-6(4-11)3-5(6)7(8,9)10/h5,11H,2-4H2,1H3. The highest BCUT2D eigenvalue weighted by atomic mass is 19.4. The van der Waals surface area contributed by atoms with E-state index in [0.717, 1.165) is 0 Å². The second-order valence-electron chi connectivity index (χ2n) is 3.17. The van der Waals surface area contributed by atoms with Crippen LogP contribution in [0.4, 0.5) is 13.2 Å². The van der Waals surface area contributed by atoms with Gasteiger partial charge in [-0.2, -0.15) is 13.2 Å². The number of alkyl halides is 3. The summed E-state index contributed by atoms with van der Waals surface area (Å²) in [5.74, 6) is -1.26. The monoisotopic (exact) mass is 168 g/mol. The summed E-state index contributed by atoms with van der Waals surface area (Å²) < 4.78 is 36.0. The highest BCUT2D eigenvalue weighted by molar-refractivity contribution is 5.04. The molecular formula is C7H11F3O. The van der Waals surface area contributed by atoms with Gasteiger partial charge in [0.25, 0.3) is 0 Å². The first-order chi connectivity index (χ1) is 4.96. The molecule has 1 nitrogen and oxygen atoms in total. The molecule has 0 radical (unpaired) electrons. The fourth-order valence-corrected chi connectivity index (χ4v) is 1.49. The predicted molar refractivity (Wildman–Crippen MR) is 34.0 cm³/mol. The summed E-state index contributed by atoms with van der Waals surface area (Å²) >= 11 is 0. The van der Waals surface area contributed by atoms with Gasteiger partial charge in [-0.25, -0.2) is 0 Å². The predicted octanol–water partition coefficient (Wildman–Crippen LogP) is 1.96. The lowest BCUT2D eigenvalue weighted by Crippen LogP contribution is -2.19. The molecule has 0 spiro atoms. The van der Waals surface area contributed by atoms with Crippen molar-refractivity contribution in [2.75, 3.05) is 6.61 Å². The third kappa shape index (κ3) is 1.36. The molecule has 0 aromatic carbocycles. The topological polar surface area (TPSA) is 20.2 Å². The summed E-state index contributed by atoms with van der Waals surface area (Å²) in [6.07, 6.45) is -3.60. The lowest BCUT2D eigenvalue weighted by molar-refractivity contribution is -0.158. The Morgan fingerprint density at radius 3 is 2.18 bits per heavy atom. The van der Waals surface area contributed by atoms with E-state index in [1.54, 1.807) is 6.92 Å². The van der Waals surface area contributed by atoms with Gasteiger partial charge in [0, 0.05) is 12.0 Å². The van der Waals surface area contributed by atoms with Gasteiger partial charge >= 0.3 is 6.18 Å². The van der Waals surface area contributed by atoms with E-state index in [2.05, 4.69) is 0 Å². The third-order valence-electron chi connectivity index (χ3n) is 2.60. The highest BCUT2D eigenvalue weighted by Gasteiger charge is 2.65. The smallest absolute Gasteiger partial charge is 0.392 e. The van der Waals surface area contributed by atoms with Crippen molar-refractivity contribution in [3.63, 3.8) is 0 Å². The largest absolute Gasteiger partial charge is 0.396 e. The van der Waals surface area contributed by atoms with Gasteiger partial charge < -0.3 is 5.11 Å². The second-order valence-corrected chi connectivity index (χ2v) is 3.17. The average Bonchev–Trinajstić information content (AvgIpc) is 2.61. The SMILES string of the molecule is CCC1(CO)CC1C(F)(F)F. The van der Waals surface area contributed by atoms with Crippen LogP contribution in [0.3, 0.4) is 0 Å². The Kier molecular flexibility index (Phi) is 1.90. The van der Waals surface area contributed by atoms with E-state index in [1.165, 1.54) is 0 Å². The van der Waals surface area contributed by atoms with Crippen molar-refractivity contribution in [1.29, 1.82) is 0 Å². The maximum atomic E-state index is 12.0. The molecular weight excluding hydrogens is 157 g/mol. The van der Waals surface area contributed by atoms with Crippen LogP contribution >= 0.6 is 0 Å². The van der Waals surface area contributed by atoms with E-state index in [1.807, 2.05) is 0 Å². The zero-order valence-electron chi connectivity index (χ0n) is 6.28. The van der Waals surface area contributed by atoms with Crippen LogP contribution in [0.25, 0.3) is 0 Å². The molecule has 1 fully saturated rings. The van der Waals surface area contributed by atoms with Gasteiger partial charge in [-0.15, -0.1) is 0 Å². The van der Waals surface area contributed by atoms with Crippen molar-refractivity contribution in [2.24, 2.45) is 11.3 Å². The molecule has 1 aliphatic rings. The van der Waals surface area contributed by atoms with Crippen molar-refractivity contribution in [1.82, 2.24) is 0 Å². The van der Waals surface area contributed by atoms with Crippen molar-refractivity contribution >= 4 is 0 Å². The van der Waals surface area contributed by atoms with Gasteiger partial charge in [-0.05, 0) is 12.8 Å². The Morgan fingerprint density at radius 1 is 1.55 bits per heavy atom.